The number of carbonyl (C=O) groups excluding carboxylic acids is 3. The van der Waals surface area contributed by atoms with Crippen LogP contribution in [0.15, 0.2) is 30.3 Å². The Morgan fingerprint density at radius 1 is 1.20 bits per heavy atom. The van der Waals surface area contributed by atoms with Crippen molar-refractivity contribution < 1.29 is 19.1 Å². The molecule has 2 N–H and O–H groups in total. The normalized spacial score (nSPS) is 11.3. The number of rotatable bonds is 6. The van der Waals surface area contributed by atoms with Gasteiger partial charge in [-0.3, -0.25) is 14.4 Å². The Labute approximate surface area is 117 Å². The third-order valence-corrected chi connectivity index (χ3v) is 2.61. The van der Waals surface area contributed by atoms with Gasteiger partial charge in [-0.15, -0.1) is 0 Å². The predicted molar refractivity (Wildman–Crippen MR) is 72.8 cm³/mol. The van der Waals surface area contributed by atoms with Gasteiger partial charge in [-0.2, -0.15) is 0 Å². The fraction of sp³-hybridized carbons (Fsp3) is 0.357. The molecular formula is C14H18N2O4. The summed E-state index contributed by atoms with van der Waals surface area (Å²) < 4.78 is 4.40. The summed E-state index contributed by atoms with van der Waals surface area (Å²) in [5, 5.41) is 4.94. The summed E-state index contributed by atoms with van der Waals surface area (Å²) in [4.78, 5) is 34.2. The van der Waals surface area contributed by atoms with Crippen LogP contribution >= 0.6 is 0 Å². The van der Waals surface area contributed by atoms with Gasteiger partial charge in [0.1, 0.15) is 12.6 Å². The van der Waals surface area contributed by atoms with Crippen LogP contribution in [0.1, 0.15) is 12.5 Å². The lowest BCUT2D eigenvalue weighted by molar-refractivity contribution is -0.141. The van der Waals surface area contributed by atoms with Crippen LogP contribution in [0, 0.1) is 0 Å². The molecule has 0 radical (unpaired) electrons. The molecule has 0 saturated heterocycles. The largest absolute Gasteiger partial charge is 0.468 e. The van der Waals surface area contributed by atoms with E-state index >= 15 is 0 Å². The Kier molecular flexibility index (Phi) is 6.22. The first-order valence-electron chi connectivity index (χ1n) is 6.20. The van der Waals surface area contributed by atoms with E-state index in [4.69, 9.17) is 0 Å². The van der Waals surface area contributed by atoms with Gasteiger partial charge in [0.15, 0.2) is 0 Å². The molecule has 0 heterocycles. The van der Waals surface area contributed by atoms with Crippen LogP contribution in [0.5, 0.6) is 0 Å². The van der Waals surface area contributed by atoms with Crippen molar-refractivity contribution in [3.63, 3.8) is 0 Å². The van der Waals surface area contributed by atoms with Crippen LogP contribution in [-0.4, -0.2) is 37.5 Å². The standard InChI is InChI=1S/C14H18N2O4/c1-10(14(19)15-9-13(18)20-2)16-12(17)8-11-6-4-3-5-7-11/h3-7,10H,8-9H2,1-2H3,(H,15,19)(H,16,17)/t10-/m1/s1. The minimum atomic E-state index is -0.712. The summed E-state index contributed by atoms with van der Waals surface area (Å²) >= 11 is 0. The smallest absolute Gasteiger partial charge is 0.325 e. The first-order chi connectivity index (χ1) is 9.52. The first kappa shape index (κ1) is 15.7. The second-order valence-electron chi connectivity index (χ2n) is 4.25. The lowest BCUT2D eigenvalue weighted by atomic mass is 10.1. The molecular weight excluding hydrogens is 260 g/mol. The zero-order chi connectivity index (χ0) is 15.0. The average Bonchev–Trinajstić information content (AvgIpc) is 2.45. The fourth-order valence-electron chi connectivity index (χ4n) is 1.52. The number of nitrogens with one attached hydrogen (secondary N) is 2. The summed E-state index contributed by atoms with van der Waals surface area (Å²) in [6, 6.07) is 8.51. The van der Waals surface area contributed by atoms with E-state index in [2.05, 4.69) is 15.4 Å². The van der Waals surface area contributed by atoms with Crippen molar-refractivity contribution in [1.82, 2.24) is 10.6 Å². The second kappa shape index (κ2) is 7.93. The molecule has 6 heteroatoms. The first-order valence-corrected chi connectivity index (χ1v) is 6.20. The van der Waals surface area contributed by atoms with E-state index < -0.39 is 17.9 Å². The highest BCUT2D eigenvalue weighted by Crippen LogP contribution is 1.99. The zero-order valence-electron chi connectivity index (χ0n) is 11.5. The molecule has 0 saturated carbocycles. The van der Waals surface area contributed by atoms with Gasteiger partial charge in [-0.1, -0.05) is 30.3 Å². The highest BCUT2D eigenvalue weighted by molar-refractivity contribution is 5.89. The summed E-state index contributed by atoms with van der Waals surface area (Å²) in [5.41, 5.74) is 0.868. The average molecular weight is 278 g/mol. The maximum atomic E-state index is 11.7. The molecule has 0 aliphatic rings. The molecule has 0 aliphatic carbocycles. The van der Waals surface area contributed by atoms with E-state index in [1.165, 1.54) is 7.11 Å². The van der Waals surface area contributed by atoms with E-state index in [0.29, 0.717) is 0 Å². The summed E-state index contributed by atoms with van der Waals surface area (Å²) in [5.74, 6) is -1.23. The SMILES string of the molecule is COC(=O)CNC(=O)[C@@H](C)NC(=O)Cc1ccccc1. The molecule has 108 valence electrons. The number of esters is 1. The van der Waals surface area contributed by atoms with Gasteiger partial charge in [0.2, 0.25) is 11.8 Å². The van der Waals surface area contributed by atoms with E-state index in [1.807, 2.05) is 30.3 Å². The number of ether oxygens (including phenoxy) is 1. The highest BCUT2D eigenvalue weighted by atomic mass is 16.5. The van der Waals surface area contributed by atoms with Crippen LogP contribution in [0.25, 0.3) is 0 Å². The van der Waals surface area contributed by atoms with Crippen LogP contribution in [0.3, 0.4) is 0 Å². The quantitative estimate of drug-likeness (QED) is 0.719. The second-order valence-corrected chi connectivity index (χ2v) is 4.25. The molecule has 20 heavy (non-hydrogen) atoms. The minimum absolute atomic E-state index is 0.204. The molecule has 0 aliphatic heterocycles. The monoisotopic (exact) mass is 278 g/mol. The van der Waals surface area contributed by atoms with E-state index in [0.717, 1.165) is 5.56 Å². The molecule has 0 bridgehead atoms. The van der Waals surface area contributed by atoms with Crippen LogP contribution in [0.4, 0.5) is 0 Å². The van der Waals surface area contributed by atoms with E-state index in [1.54, 1.807) is 6.92 Å². The Hall–Kier alpha value is -2.37. The van der Waals surface area contributed by atoms with Crippen molar-refractivity contribution in [2.75, 3.05) is 13.7 Å². The van der Waals surface area contributed by atoms with Crippen molar-refractivity contribution in [3.05, 3.63) is 35.9 Å². The van der Waals surface area contributed by atoms with Crippen molar-refractivity contribution in [2.24, 2.45) is 0 Å². The van der Waals surface area contributed by atoms with Crippen LogP contribution < -0.4 is 10.6 Å². The summed E-state index contributed by atoms with van der Waals surface area (Å²) in [7, 11) is 1.24. The number of benzene rings is 1. The van der Waals surface area contributed by atoms with Gasteiger partial charge in [0.25, 0.3) is 0 Å². The molecule has 0 spiro atoms. The molecule has 1 aromatic rings. The third kappa shape index (κ3) is 5.51. The van der Waals surface area contributed by atoms with Gasteiger partial charge < -0.3 is 15.4 Å². The molecule has 0 aromatic heterocycles. The van der Waals surface area contributed by atoms with Crippen molar-refractivity contribution >= 4 is 17.8 Å². The Bertz CT molecular complexity index is 473. The molecule has 0 unspecified atom stereocenters. The number of methoxy groups -OCH3 is 1. The predicted octanol–water partition coefficient (Wildman–Crippen LogP) is 0.0230. The van der Waals surface area contributed by atoms with Crippen LogP contribution in [-0.2, 0) is 25.5 Å². The number of hydrogen-bond acceptors (Lipinski definition) is 4. The van der Waals surface area contributed by atoms with E-state index in [-0.39, 0.29) is 18.9 Å². The Morgan fingerprint density at radius 2 is 1.85 bits per heavy atom. The third-order valence-electron chi connectivity index (χ3n) is 2.61. The lowest BCUT2D eigenvalue weighted by Crippen LogP contribution is -2.46. The van der Waals surface area contributed by atoms with Gasteiger partial charge in [-0.25, -0.2) is 0 Å². The highest BCUT2D eigenvalue weighted by Gasteiger charge is 2.16. The number of amides is 2. The molecule has 0 fully saturated rings. The maximum Gasteiger partial charge on any atom is 0.325 e. The molecule has 1 rings (SSSR count). The van der Waals surface area contributed by atoms with Crippen LogP contribution in [0.2, 0.25) is 0 Å². The van der Waals surface area contributed by atoms with Crippen molar-refractivity contribution in [1.29, 1.82) is 0 Å². The summed E-state index contributed by atoms with van der Waals surface area (Å²) in [6.45, 7) is 1.34. The maximum absolute atomic E-state index is 11.7. The molecule has 1 atom stereocenters. The van der Waals surface area contributed by atoms with Gasteiger partial charge in [0, 0.05) is 0 Å². The number of carbonyl (C=O) groups is 3. The molecule has 1 aromatic carbocycles. The lowest BCUT2D eigenvalue weighted by Gasteiger charge is -2.13. The Morgan fingerprint density at radius 3 is 2.45 bits per heavy atom. The van der Waals surface area contributed by atoms with Gasteiger partial charge >= 0.3 is 5.97 Å². The van der Waals surface area contributed by atoms with Crippen molar-refractivity contribution in [3.8, 4) is 0 Å². The zero-order valence-corrected chi connectivity index (χ0v) is 11.5. The number of hydrogen-bond donors (Lipinski definition) is 2. The molecule has 2 amide bonds. The molecule has 6 nitrogen and oxygen atoms in total. The van der Waals surface area contributed by atoms with Gasteiger partial charge in [-0.05, 0) is 12.5 Å². The minimum Gasteiger partial charge on any atom is -0.468 e. The van der Waals surface area contributed by atoms with E-state index in [9.17, 15) is 14.4 Å². The van der Waals surface area contributed by atoms with Crippen molar-refractivity contribution in [2.45, 2.75) is 19.4 Å². The summed E-state index contributed by atoms with van der Waals surface area (Å²) in [6.07, 6.45) is 0.204. The topological polar surface area (TPSA) is 84.5 Å². The van der Waals surface area contributed by atoms with Gasteiger partial charge in [0.05, 0.1) is 13.5 Å². The fourth-order valence-corrected chi connectivity index (χ4v) is 1.52. The Balaban J connectivity index is 2.37.